The summed E-state index contributed by atoms with van der Waals surface area (Å²) in [7, 11) is 1.58. The normalized spacial score (nSPS) is 10.4. The fourth-order valence-electron chi connectivity index (χ4n) is 1.69. The molecule has 0 aliphatic heterocycles. The molecule has 0 bridgehead atoms. The summed E-state index contributed by atoms with van der Waals surface area (Å²) >= 11 is 5.64. The summed E-state index contributed by atoms with van der Waals surface area (Å²) in [6.07, 6.45) is 1.14. The van der Waals surface area contributed by atoms with E-state index in [0.29, 0.717) is 11.4 Å². The molecule has 0 atom stereocenters. The number of likely N-dealkylation sites (N-methyl/N-ethyl adjacent to an activating group) is 1. The van der Waals surface area contributed by atoms with Crippen LogP contribution >= 0.6 is 11.6 Å². The number of aromatic nitrogens is 2. The molecular weight excluding hydrogens is 296 g/mol. The molecule has 2 rings (SSSR count). The Bertz CT molecular complexity index is 779. The lowest BCUT2D eigenvalue weighted by molar-refractivity contribution is -0.118. The van der Waals surface area contributed by atoms with Crippen molar-refractivity contribution in [3.05, 3.63) is 56.3 Å². The number of H-pyrrole nitrogens is 1. The molecule has 2 aromatic rings. The van der Waals surface area contributed by atoms with Crippen molar-refractivity contribution in [2.75, 3.05) is 17.7 Å². The molecule has 0 spiro atoms. The Labute approximate surface area is 124 Å². The van der Waals surface area contributed by atoms with E-state index < -0.39 is 11.2 Å². The number of rotatable bonds is 3. The van der Waals surface area contributed by atoms with Gasteiger partial charge >= 0.3 is 5.69 Å². The van der Waals surface area contributed by atoms with Gasteiger partial charge in [-0.05, 0) is 24.3 Å². The van der Waals surface area contributed by atoms with Gasteiger partial charge in [0.05, 0.1) is 0 Å². The molecular formula is C13H13ClN4O3. The average molecular weight is 309 g/mol. The minimum Gasteiger partial charge on any atom is -0.399 e. The monoisotopic (exact) mass is 308 g/mol. The van der Waals surface area contributed by atoms with Crippen molar-refractivity contribution in [3.63, 3.8) is 0 Å². The van der Waals surface area contributed by atoms with Gasteiger partial charge in [0.25, 0.3) is 5.56 Å². The highest BCUT2D eigenvalue weighted by molar-refractivity contribution is 6.30. The van der Waals surface area contributed by atoms with E-state index in [1.807, 2.05) is 4.98 Å². The highest BCUT2D eigenvalue weighted by Crippen LogP contribution is 2.15. The topological polar surface area (TPSA) is 101 Å². The van der Waals surface area contributed by atoms with E-state index in [-0.39, 0.29) is 17.5 Å². The van der Waals surface area contributed by atoms with Crippen LogP contribution in [0.5, 0.6) is 0 Å². The number of hydrogen-bond acceptors (Lipinski definition) is 4. The standard InChI is InChI=1S/C13H13ClN4O3/c1-17(9-4-2-8(15)3-5-9)11(19)7-18-6-10(14)12(20)16-13(18)21/h2-6H,7,15H2,1H3,(H,16,20,21). The number of nitrogens with zero attached hydrogens (tertiary/aromatic N) is 2. The number of carbonyl (C=O) groups excluding carboxylic acids is 1. The number of amides is 1. The first-order chi connectivity index (χ1) is 9.88. The number of carbonyl (C=O) groups is 1. The fourth-order valence-corrected chi connectivity index (χ4v) is 1.86. The molecule has 1 heterocycles. The Hall–Kier alpha value is -2.54. The van der Waals surface area contributed by atoms with Crippen LogP contribution < -0.4 is 21.9 Å². The third kappa shape index (κ3) is 3.32. The van der Waals surface area contributed by atoms with Crippen molar-refractivity contribution in [1.29, 1.82) is 0 Å². The summed E-state index contributed by atoms with van der Waals surface area (Å²) in [5, 5.41) is -0.155. The van der Waals surface area contributed by atoms with Gasteiger partial charge in [0.15, 0.2) is 0 Å². The number of anilines is 2. The van der Waals surface area contributed by atoms with Gasteiger partial charge < -0.3 is 10.6 Å². The highest BCUT2D eigenvalue weighted by atomic mass is 35.5. The number of nitrogens with two attached hydrogens (primary N) is 1. The van der Waals surface area contributed by atoms with E-state index in [1.54, 1.807) is 31.3 Å². The van der Waals surface area contributed by atoms with Gasteiger partial charge in [-0.25, -0.2) is 4.79 Å². The Morgan fingerprint density at radius 3 is 2.57 bits per heavy atom. The van der Waals surface area contributed by atoms with Gasteiger partial charge in [0.1, 0.15) is 11.6 Å². The highest BCUT2D eigenvalue weighted by Gasteiger charge is 2.13. The van der Waals surface area contributed by atoms with Crippen molar-refractivity contribution in [2.45, 2.75) is 6.54 Å². The van der Waals surface area contributed by atoms with E-state index in [9.17, 15) is 14.4 Å². The molecule has 21 heavy (non-hydrogen) atoms. The molecule has 0 aliphatic rings. The van der Waals surface area contributed by atoms with Crippen LogP contribution in [-0.4, -0.2) is 22.5 Å². The second-order valence-electron chi connectivity index (χ2n) is 4.41. The number of hydrogen-bond donors (Lipinski definition) is 2. The van der Waals surface area contributed by atoms with Crippen LogP contribution in [0.3, 0.4) is 0 Å². The van der Waals surface area contributed by atoms with Gasteiger partial charge in [-0.15, -0.1) is 0 Å². The predicted molar refractivity (Wildman–Crippen MR) is 80.6 cm³/mol. The second-order valence-corrected chi connectivity index (χ2v) is 4.82. The third-order valence-corrected chi connectivity index (χ3v) is 3.20. The maximum Gasteiger partial charge on any atom is 0.328 e. The van der Waals surface area contributed by atoms with Crippen LogP contribution in [0, 0.1) is 0 Å². The predicted octanol–water partition coefficient (Wildman–Crippen LogP) is 0.435. The molecule has 7 nitrogen and oxygen atoms in total. The van der Waals surface area contributed by atoms with Gasteiger partial charge in [0, 0.05) is 24.6 Å². The van der Waals surface area contributed by atoms with E-state index in [4.69, 9.17) is 17.3 Å². The lowest BCUT2D eigenvalue weighted by Gasteiger charge is -2.18. The molecule has 8 heteroatoms. The molecule has 0 saturated heterocycles. The minimum atomic E-state index is -0.691. The Kier molecular flexibility index (Phi) is 4.13. The quantitative estimate of drug-likeness (QED) is 0.803. The van der Waals surface area contributed by atoms with Crippen molar-refractivity contribution in [1.82, 2.24) is 9.55 Å². The van der Waals surface area contributed by atoms with Crippen molar-refractivity contribution in [3.8, 4) is 0 Å². The molecule has 1 aromatic carbocycles. The zero-order valence-corrected chi connectivity index (χ0v) is 11.9. The molecule has 1 amide bonds. The first kappa shape index (κ1) is 14.9. The molecule has 3 N–H and O–H groups in total. The molecule has 0 fully saturated rings. The molecule has 1 aromatic heterocycles. The SMILES string of the molecule is CN(C(=O)Cn1cc(Cl)c(=O)[nH]c1=O)c1ccc(N)cc1. The number of nitrogen functional groups attached to an aromatic ring is 1. The Morgan fingerprint density at radius 2 is 1.95 bits per heavy atom. The van der Waals surface area contributed by atoms with Gasteiger partial charge in [-0.3, -0.25) is 19.1 Å². The van der Waals surface area contributed by atoms with E-state index in [0.717, 1.165) is 10.8 Å². The Balaban J connectivity index is 2.22. The lowest BCUT2D eigenvalue weighted by Crippen LogP contribution is -2.36. The van der Waals surface area contributed by atoms with Crippen LogP contribution in [0.2, 0.25) is 5.02 Å². The molecule has 0 unspecified atom stereocenters. The fraction of sp³-hybridized carbons (Fsp3) is 0.154. The van der Waals surface area contributed by atoms with Crippen LogP contribution in [0.25, 0.3) is 0 Å². The molecule has 0 radical (unpaired) electrons. The number of nitrogens with one attached hydrogen (secondary N) is 1. The molecule has 0 saturated carbocycles. The maximum atomic E-state index is 12.1. The van der Waals surface area contributed by atoms with E-state index >= 15 is 0 Å². The largest absolute Gasteiger partial charge is 0.399 e. The minimum absolute atomic E-state index is 0.155. The smallest absolute Gasteiger partial charge is 0.328 e. The van der Waals surface area contributed by atoms with Crippen molar-refractivity contribution < 1.29 is 4.79 Å². The van der Waals surface area contributed by atoms with Gasteiger partial charge in [-0.2, -0.15) is 0 Å². The lowest BCUT2D eigenvalue weighted by atomic mass is 10.2. The first-order valence-corrected chi connectivity index (χ1v) is 6.37. The van der Waals surface area contributed by atoms with Gasteiger partial charge in [-0.1, -0.05) is 11.6 Å². The zero-order chi connectivity index (χ0) is 15.6. The summed E-state index contributed by atoms with van der Waals surface area (Å²) in [6, 6.07) is 6.72. The average Bonchev–Trinajstić information content (AvgIpc) is 2.44. The number of benzene rings is 1. The number of aromatic amines is 1. The molecule has 0 aliphatic carbocycles. The van der Waals surface area contributed by atoms with Crippen LogP contribution in [0.1, 0.15) is 0 Å². The maximum absolute atomic E-state index is 12.1. The van der Waals surface area contributed by atoms with Crippen LogP contribution in [0.4, 0.5) is 11.4 Å². The molecule has 110 valence electrons. The summed E-state index contributed by atoms with van der Waals surface area (Å²) < 4.78 is 1.04. The number of halogens is 1. The summed E-state index contributed by atoms with van der Waals surface area (Å²) in [6.45, 7) is -0.240. The zero-order valence-electron chi connectivity index (χ0n) is 11.2. The summed E-state index contributed by atoms with van der Waals surface area (Å²) in [5.74, 6) is -0.343. The Morgan fingerprint density at radius 1 is 1.33 bits per heavy atom. The summed E-state index contributed by atoms with van der Waals surface area (Å²) in [5.41, 5.74) is 5.43. The second kappa shape index (κ2) is 5.84. The van der Waals surface area contributed by atoms with Crippen molar-refractivity contribution >= 4 is 28.9 Å². The van der Waals surface area contributed by atoms with Crippen LogP contribution in [0.15, 0.2) is 40.1 Å². The van der Waals surface area contributed by atoms with Crippen molar-refractivity contribution in [2.24, 2.45) is 0 Å². The van der Waals surface area contributed by atoms with E-state index in [1.165, 1.54) is 4.90 Å². The van der Waals surface area contributed by atoms with Crippen LogP contribution in [-0.2, 0) is 11.3 Å². The third-order valence-electron chi connectivity index (χ3n) is 2.93. The van der Waals surface area contributed by atoms with Gasteiger partial charge in [0.2, 0.25) is 5.91 Å². The first-order valence-electron chi connectivity index (χ1n) is 6.00. The van der Waals surface area contributed by atoms with E-state index in [2.05, 4.69) is 0 Å². The summed E-state index contributed by atoms with van der Waals surface area (Å²) in [4.78, 5) is 38.3.